The van der Waals surface area contributed by atoms with Gasteiger partial charge in [-0.15, -0.1) is 0 Å². The molecule has 0 saturated heterocycles. The maximum Gasteiger partial charge on any atom is 0.235 e. The Hall–Kier alpha value is -2.34. The molecule has 1 amide bonds. The number of hydrogen-bond donors (Lipinski definition) is 1. The lowest BCUT2D eigenvalue weighted by molar-refractivity contribution is -0.120. The van der Waals surface area contributed by atoms with E-state index in [1.165, 1.54) is 0 Å². The fraction of sp³-hybridized carbons (Fsp3) is 0.409. The Kier molecular flexibility index (Phi) is 8.51. The van der Waals surface area contributed by atoms with Crippen molar-refractivity contribution in [3.05, 3.63) is 59.2 Å². The van der Waals surface area contributed by atoms with Gasteiger partial charge in [0.15, 0.2) is 0 Å². The molecule has 0 heterocycles. The Morgan fingerprint density at radius 2 is 1.86 bits per heavy atom. The molecule has 0 bridgehead atoms. The van der Waals surface area contributed by atoms with Crippen molar-refractivity contribution < 1.29 is 18.5 Å². The van der Waals surface area contributed by atoms with Crippen LogP contribution in [0.5, 0.6) is 11.5 Å². The Balaban J connectivity index is 1.72. The van der Waals surface area contributed by atoms with E-state index in [0.717, 1.165) is 28.2 Å². The monoisotopic (exact) mass is 403 g/mol. The summed E-state index contributed by atoms with van der Waals surface area (Å²) in [4.78, 5) is 12.2. The summed E-state index contributed by atoms with van der Waals surface area (Å²) in [7, 11) is 0.342. The first-order chi connectivity index (χ1) is 13.4. The van der Waals surface area contributed by atoms with Gasteiger partial charge in [-0.05, 0) is 62.1 Å². The van der Waals surface area contributed by atoms with Crippen molar-refractivity contribution in [3.8, 4) is 11.5 Å². The molecule has 2 aromatic rings. The second-order valence-corrected chi connectivity index (χ2v) is 8.61. The fourth-order valence-electron chi connectivity index (χ4n) is 2.66. The van der Waals surface area contributed by atoms with Gasteiger partial charge in [0.1, 0.15) is 16.7 Å². The summed E-state index contributed by atoms with van der Waals surface area (Å²) in [5, 5.41) is 2.29. The van der Waals surface area contributed by atoms with Crippen LogP contribution in [0.15, 0.2) is 42.5 Å². The summed E-state index contributed by atoms with van der Waals surface area (Å²) < 4.78 is 23.3. The molecule has 28 heavy (non-hydrogen) atoms. The van der Waals surface area contributed by atoms with E-state index in [0.29, 0.717) is 25.3 Å². The summed E-state index contributed by atoms with van der Waals surface area (Å²) in [6.45, 7) is 6.50. The Bertz CT molecular complexity index is 805. The average Bonchev–Trinajstić information content (AvgIpc) is 2.70. The highest BCUT2D eigenvalue weighted by molar-refractivity contribution is 7.86. The number of benzene rings is 2. The van der Waals surface area contributed by atoms with E-state index < -0.39 is 16.0 Å². The van der Waals surface area contributed by atoms with Crippen molar-refractivity contribution in [2.45, 2.75) is 32.4 Å². The van der Waals surface area contributed by atoms with Crippen LogP contribution < -0.4 is 14.8 Å². The number of carbonyl (C=O) groups excluding carboxylic acids is 1. The molecule has 0 fully saturated rings. The maximum absolute atomic E-state index is 12.4. The van der Waals surface area contributed by atoms with E-state index in [2.05, 4.69) is 5.32 Å². The van der Waals surface area contributed by atoms with Gasteiger partial charge in [0.05, 0.1) is 19.5 Å². The zero-order valence-electron chi connectivity index (χ0n) is 17.0. The van der Waals surface area contributed by atoms with E-state index in [-0.39, 0.29) is 5.91 Å². The van der Waals surface area contributed by atoms with Crippen molar-refractivity contribution in [2.24, 2.45) is 0 Å². The molecule has 0 aliphatic rings. The third-order valence-electron chi connectivity index (χ3n) is 4.52. The number of hydrogen-bond acceptors (Lipinski definition) is 4. The zero-order chi connectivity index (χ0) is 20.5. The van der Waals surface area contributed by atoms with E-state index in [1.54, 1.807) is 14.0 Å². The molecule has 0 unspecified atom stereocenters. The smallest absolute Gasteiger partial charge is 0.235 e. The summed E-state index contributed by atoms with van der Waals surface area (Å²) in [5.41, 5.74) is 3.27. The number of amides is 1. The molecule has 0 radical (unpaired) electrons. The Morgan fingerprint density at radius 3 is 2.54 bits per heavy atom. The first-order valence-electron chi connectivity index (χ1n) is 9.38. The molecule has 0 spiro atoms. The third kappa shape index (κ3) is 6.68. The van der Waals surface area contributed by atoms with Gasteiger partial charge in [-0.25, -0.2) is 0 Å². The van der Waals surface area contributed by atoms with Gasteiger partial charge in [-0.2, -0.15) is 0 Å². The number of carbonyl (C=O) groups is 1. The lowest BCUT2D eigenvalue weighted by atomic mass is 10.1. The van der Waals surface area contributed by atoms with Crippen LogP contribution in [0.1, 0.15) is 23.6 Å². The van der Waals surface area contributed by atoms with Crippen molar-refractivity contribution >= 4 is 16.7 Å². The summed E-state index contributed by atoms with van der Waals surface area (Å²) in [5.74, 6) is 1.73. The minimum absolute atomic E-state index is 0.196. The fourth-order valence-corrected chi connectivity index (χ4v) is 3.58. The van der Waals surface area contributed by atoms with E-state index >= 15 is 0 Å². The van der Waals surface area contributed by atoms with Gasteiger partial charge in [0.25, 0.3) is 0 Å². The standard InChI is InChI=1S/C22H29NO4S/c1-16-5-6-17(2)21(15-16)27-13-14-28(25)18(3)22(24)23-12-11-19-7-9-20(26-4)10-8-19/h5-10,15,18H,11-14H2,1-4H3,(H,23,24)/t18-,28-/m0/s1. The van der Waals surface area contributed by atoms with Gasteiger partial charge >= 0.3 is 0 Å². The Labute approximate surface area is 169 Å². The van der Waals surface area contributed by atoms with Crippen LogP contribution in [-0.2, 0) is 22.0 Å². The van der Waals surface area contributed by atoms with Gasteiger partial charge < -0.3 is 14.8 Å². The number of methoxy groups -OCH3 is 1. The van der Waals surface area contributed by atoms with E-state index in [4.69, 9.17) is 9.47 Å². The van der Waals surface area contributed by atoms with Gasteiger partial charge in [0.2, 0.25) is 5.91 Å². The molecule has 0 aliphatic carbocycles. The molecule has 0 saturated carbocycles. The van der Waals surface area contributed by atoms with Crippen LogP contribution in [-0.4, -0.2) is 41.4 Å². The van der Waals surface area contributed by atoms with Gasteiger partial charge in [-0.3, -0.25) is 9.00 Å². The third-order valence-corrected chi connectivity index (χ3v) is 6.09. The minimum Gasteiger partial charge on any atom is -0.497 e. The summed E-state index contributed by atoms with van der Waals surface area (Å²) in [6.07, 6.45) is 0.713. The van der Waals surface area contributed by atoms with Crippen molar-refractivity contribution in [3.63, 3.8) is 0 Å². The molecule has 1 N–H and O–H groups in total. The molecular formula is C22H29NO4S. The highest BCUT2D eigenvalue weighted by atomic mass is 32.2. The van der Waals surface area contributed by atoms with E-state index in [1.807, 2.05) is 56.3 Å². The minimum atomic E-state index is -1.29. The van der Waals surface area contributed by atoms with Crippen LogP contribution in [0.2, 0.25) is 0 Å². The SMILES string of the molecule is COc1ccc(CCNC(=O)[C@H](C)[S@@](=O)CCOc2cc(C)ccc2C)cc1. The number of rotatable bonds is 10. The van der Waals surface area contributed by atoms with Crippen molar-refractivity contribution in [2.75, 3.05) is 26.0 Å². The van der Waals surface area contributed by atoms with Gasteiger partial charge in [-0.1, -0.05) is 24.3 Å². The van der Waals surface area contributed by atoms with Gasteiger partial charge in [0, 0.05) is 17.3 Å². The van der Waals surface area contributed by atoms with Crippen LogP contribution in [0.3, 0.4) is 0 Å². The molecule has 0 aliphatic heterocycles. The van der Waals surface area contributed by atoms with Crippen LogP contribution in [0.25, 0.3) is 0 Å². The second-order valence-electron chi connectivity index (χ2n) is 6.73. The number of ether oxygens (including phenoxy) is 2. The topological polar surface area (TPSA) is 64.6 Å². The second kappa shape index (κ2) is 10.9. The predicted molar refractivity (Wildman–Crippen MR) is 114 cm³/mol. The largest absolute Gasteiger partial charge is 0.497 e. The molecule has 0 aromatic heterocycles. The molecule has 2 atom stereocenters. The molecule has 152 valence electrons. The van der Waals surface area contributed by atoms with Crippen molar-refractivity contribution in [1.29, 1.82) is 0 Å². The van der Waals surface area contributed by atoms with Crippen LogP contribution in [0.4, 0.5) is 0 Å². The quantitative estimate of drug-likeness (QED) is 0.662. The molecule has 2 aromatic carbocycles. The van der Waals surface area contributed by atoms with E-state index in [9.17, 15) is 9.00 Å². The number of aryl methyl sites for hydroxylation is 2. The normalized spacial score (nSPS) is 12.9. The molecule has 6 heteroatoms. The molecule has 2 rings (SSSR count). The number of nitrogens with one attached hydrogen (secondary N) is 1. The molecule has 5 nitrogen and oxygen atoms in total. The predicted octanol–water partition coefficient (Wildman–Crippen LogP) is 3.19. The highest BCUT2D eigenvalue weighted by Crippen LogP contribution is 2.19. The summed E-state index contributed by atoms with van der Waals surface area (Å²) >= 11 is 0. The zero-order valence-corrected chi connectivity index (χ0v) is 17.8. The highest BCUT2D eigenvalue weighted by Gasteiger charge is 2.19. The van der Waals surface area contributed by atoms with Crippen LogP contribution >= 0.6 is 0 Å². The first-order valence-corrected chi connectivity index (χ1v) is 10.8. The molecular weight excluding hydrogens is 374 g/mol. The lowest BCUT2D eigenvalue weighted by Gasteiger charge is -2.14. The first kappa shape index (κ1) is 22.0. The average molecular weight is 404 g/mol. The maximum atomic E-state index is 12.4. The van der Waals surface area contributed by atoms with Crippen LogP contribution in [0, 0.1) is 13.8 Å². The lowest BCUT2D eigenvalue weighted by Crippen LogP contribution is -2.37. The summed E-state index contributed by atoms with van der Waals surface area (Å²) in [6, 6.07) is 13.7. The Morgan fingerprint density at radius 1 is 1.14 bits per heavy atom. The van der Waals surface area contributed by atoms with Crippen molar-refractivity contribution in [1.82, 2.24) is 5.32 Å².